The average Bonchev–Trinajstić information content (AvgIpc) is 1.55. The van der Waals surface area contributed by atoms with Crippen molar-refractivity contribution in [3.8, 4) is 22.5 Å². The summed E-state index contributed by atoms with van der Waals surface area (Å²) in [5.41, 5.74) is 20.1. The third-order valence-electron chi connectivity index (χ3n) is 22.1. The van der Waals surface area contributed by atoms with Gasteiger partial charge in [0.25, 0.3) is 0 Å². The van der Waals surface area contributed by atoms with E-state index < -0.39 is 36.0 Å². The number of alkyl halides is 4. The zero-order chi connectivity index (χ0) is 81.6. The van der Waals surface area contributed by atoms with Gasteiger partial charge in [0.1, 0.15) is 63.7 Å². The first-order valence-corrected chi connectivity index (χ1v) is 41.0. The molecule has 16 nitrogen and oxygen atoms in total. The van der Waals surface area contributed by atoms with Crippen molar-refractivity contribution in [2.45, 2.75) is 55.9 Å². The largest absolute Gasteiger partial charge is 0.507 e. The molecule has 15 aromatic rings. The third-order valence-corrected chi connectivity index (χ3v) is 23.8. The van der Waals surface area contributed by atoms with E-state index in [-0.39, 0.29) is 0 Å². The zero-order valence-corrected chi connectivity index (χ0v) is 69.2. The summed E-state index contributed by atoms with van der Waals surface area (Å²) >= 11 is 14.3. The Bertz CT molecular complexity index is 5900. The Morgan fingerprint density at radius 3 is 1.19 bits per heavy atom. The lowest BCUT2D eigenvalue weighted by Crippen LogP contribution is -2.48. The van der Waals surface area contributed by atoms with Gasteiger partial charge in [-0.3, -0.25) is 9.98 Å². The summed E-state index contributed by atoms with van der Waals surface area (Å²) in [6.07, 6.45) is 6.42. The number of halogens is 6. The molecule has 0 spiro atoms. The highest BCUT2D eigenvalue weighted by Crippen LogP contribution is 2.46. The number of benzene rings is 9. The van der Waals surface area contributed by atoms with Crippen molar-refractivity contribution in [2.75, 3.05) is 54.0 Å². The minimum Gasteiger partial charge on any atom is -0.422 e. The quantitative estimate of drug-likeness (QED) is 0.0570. The molecular formula is C95H83BBr2ClF3N14O2. The molecule has 0 saturated carbocycles. The summed E-state index contributed by atoms with van der Waals surface area (Å²) in [5, 5.41) is 23.9. The molecule has 3 fully saturated rings. The third kappa shape index (κ3) is 16.5. The summed E-state index contributed by atoms with van der Waals surface area (Å²) in [7, 11) is 2.34. The van der Waals surface area contributed by atoms with E-state index in [1.54, 1.807) is 37.1 Å². The molecule has 0 amide bonds. The van der Waals surface area contributed by atoms with Gasteiger partial charge in [0, 0.05) is 86.6 Å². The standard InChI is InChI=1S/C34H26BrFN4.C21H20FN5.C19H15Cl.C16H13BrFN3.C5H9BN2O2/c35-28-16-17-31-30(21-28)33(24-18-19-37-32(20-24)39-22-29(36)23-39)38-40(31)34(25-10-4-1-5-11-25,26-12-6-2-7-13-26)27-14-8-3-9-15-27;1-13-24-10-19(26(13)2)14-3-4-16-9-25-21(18(16)7-14)15-5-6-23-20(8-15)27-11-17(22)12-27;20-19(16-10-4-1-5-11-16,17-12-6-2-7-13-17)18-14-8-3-9-15-18;17-12-2-1-11-7-20-16(14(11)6-12)10-3-4-19-15(5-10)21-8-13(18)9-21;1-4-7-3-5(6(9)10)8(4)2/h1-21,29H,22-23H2;3-8,10,17H,9,11-12H2,1-2H3;1-15H;1-6,13H,7-9H2;3,9-10H,1-2H3. The number of nitrogens with zero attached hydrogens (tertiary/aromatic N) is 14. The van der Waals surface area contributed by atoms with E-state index in [4.69, 9.17) is 31.7 Å². The first-order chi connectivity index (χ1) is 57.4. The van der Waals surface area contributed by atoms with Crippen molar-refractivity contribution < 1.29 is 23.2 Å². The van der Waals surface area contributed by atoms with Gasteiger partial charge in [-0.2, -0.15) is 5.10 Å². The second kappa shape index (κ2) is 35.1. The molecule has 6 aromatic heterocycles. The van der Waals surface area contributed by atoms with Crippen LogP contribution in [0.1, 0.15) is 78.4 Å². The summed E-state index contributed by atoms with van der Waals surface area (Å²) in [6, 6.07) is 93.3. The van der Waals surface area contributed by atoms with Crippen molar-refractivity contribution in [3.63, 3.8) is 0 Å². The van der Waals surface area contributed by atoms with Crippen LogP contribution in [-0.2, 0) is 37.6 Å². The molecule has 0 atom stereocenters. The molecule has 9 aromatic carbocycles. The first kappa shape index (κ1) is 79.9. The maximum atomic E-state index is 13.7. The lowest BCUT2D eigenvalue weighted by atomic mass is 9.77. The number of anilines is 3. The Balaban J connectivity index is 0.000000117. The molecule has 0 aliphatic carbocycles. The number of aliphatic imine (C=N–C) groups is 2. The average molecular weight is 1720 g/mol. The van der Waals surface area contributed by atoms with Gasteiger partial charge in [-0.1, -0.05) is 232 Å². The van der Waals surface area contributed by atoms with Crippen LogP contribution in [0.3, 0.4) is 0 Å². The molecular weight excluding hydrogens is 1630 g/mol. The molecule has 11 heterocycles. The second-order valence-electron chi connectivity index (χ2n) is 29.6. The second-order valence-corrected chi connectivity index (χ2v) is 32.0. The molecule has 20 rings (SSSR count). The molecule has 0 unspecified atom stereocenters. The lowest BCUT2D eigenvalue weighted by molar-refractivity contribution is 0.273. The van der Waals surface area contributed by atoms with Gasteiger partial charge in [-0.25, -0.2) is 42.8 Å². The number of hydrogen-bond acceptors (Lipinski definition) is 13. The van der Waals surface area contributed by atoms with Crippen LogP contribution in [0.15, 0.2) is 323 Å². The molecule has 5 aliphatic heterocycles. The van der Waals surface area contributed by atoms with Crippen molar-refractivity contribution in [2.24, 2.45) is 24.1 Å². The van der Waals surface area contributed by atoms with Crippen LogP contribution in [0.25, 0.3) is 33.4 Å². The summed E-state index contributed by atoms with van der Waals surface area (Å²) < 4.78 is 47.8. The monoisotopic (exact) mass is 1710 g/mol. The predicted molar refractivity (Wildman–Crippen MR) is 474 cm³/mol. The fourth-order valence-corrected chi connectivity index (χ4v) is 16.6. The van der Waals surface area contributed by atoms with Crippen molar-refractivity contribution in [3.05, 3.63) is 391 Å². The Morgan fingerprint density at radius 1 is 0.415 bits per heavy atom. The fourth-order valence-electron chi connectivity index (χ4n) is 15.5. The van der Waals surface area contributed by atoms with E-state index >= 15 is 0 Å². The number of pyridine rings is 3. The molecule has 3 saturated heterocycles. The van der Waals surface area contributed by atoms with Gasteiger partial charge >= 0.3 is 7.12 Å². The highest BCUT2D eigenvalue weighted by molar-refractivity contribution is 9.10. The van der Waals surface area contributed by atoms with Crippen LogP contribution in [0.4, 0.5) is 30.6 Å². The maximum Gasteiger partial charge on any atom is 0.507 e. The van der Waals surface area contributed by atoms with Gasteiger partial charge < -0.3 is 33.9 Å². The van der Waals surface area contributed by atoms with E-state index in [0.717, 1.165) is 139 Å². The van der Waals surface area contributed by atoms with E-state index in [1.807, 2.05) is 150 Å². The number of imidazole rings is 2. The topological polar surface area (TPSA) is 167 Å². The SMILES string of the molecule is Cc1ncc(-c2ccc3c(c2)C(c2ccnc(N4CC(F)C4)c2)=NC3)n1C.Cc1ncc(B(O)O)n1C.ClC(c1ccccc1)(c1ccccc1)c1ccccc1.FC1CN(c2cc(-c3nn(C(c4ccccc4)(c4ccccc4)c4ccccc4)c4ccc(Br)cc34)ccn2)C1.FC1CN(c2cc(C3=NCc4ccc(Br)cc43)ccn2)C1. The normalized spacial score (nSPS) is 14.3. The number of aryl methyl sites for hydroxylation is 2. The fraction of sp³-hybridized carbons (Fsp3) is 0.179. The molecule has 23 heteroatoms. The van der Waals surface area contributed by atoms with Crippen molar-refractivity contribution in [1.82, 2.24) is 43.8 Å². The van der Waals surface area contributed by atoms with E-state index in [1.165, 1.54) is 17.3 Å². The van der Waals surface area contributed by atoms with Gasteiger partial charge in [0.15, 0.2) is 0 Å². The molecule has 5 aliphatic rings. The van der Waals surface area contributed by atoms with Crippen molar-refractivity contribution >= 4 is 96.0 Å². The summed E-state index contributed by atoms with van der Waals surface area (Å²) in [6.45, 7) is 7.65. The Kier molecular flexibility index (Phi) is 23.8. The van der Waals surface area contributed by atoms with E-state index in [9.17, 15) is 13.2 Å². The number of hydrogen-bond donors (Lipinski definition) is 2. The smallest absolute Gasteiger partial charge is 0.422 e. The van der Waals surface area contributed by atoms with Crippen LogP contribution < -0.4 is 20.3 Å². The van der Waals surface area contributed by atoms with Gasteiger partial charge in [-0.05, 0) is 131 Å². The number of fused-ring (bicyclic) bond motifs is 3. The molecule has 0 bridgehead atoms. The van der Waals surface area contributed by atoms with Crippen molar-refractivity contribution in [1.29, 1.82) is 0 Å². The van der Waals surface area contributed by atoms with Crippen LogP contribution in [0, 0.1) is 13.8 Å². The molecule has 590 valence electrons. The molecule has 118 heavy (non-hydrogen) atoms. The van der Waals surface area contributed by atoms with Gasteiger partial charge in [-0.15, -0.1) is 11.6 Å². The highest BCUT2D eigenvalue weighted by Gasteiger charge is 2.42. The van der Waals surface area contributed by atoms with Crippen LogP contribution >= 0.6 is 43.5 Å². The number of aromatic nitrogens is 9. The van der Waals surface area contributed by atoms with Crippen LogP contribution in [-0.4, -0.2) is 130 Å². The predicted octanol–water partition coefficient (Wildman–Crippen LogP) is 18.1. The number of rotatable bonds is 15. The lowest BCUT2D eigenvalue weighted by Gasteiger charge is -2.37. The Hall–Kier alpha value is -11.9. The first-order valence-electron chi connectivity index (χ1n) is 39.0. The van der Waals surface area contributed by atoms with Crippen LogP contribution in [0.2, 0.25) is 0 Å². The van der Waals surface area contributed by atoms with E-state index in [0.29, 0.717) is 58.0 Å². The minimum absolute atomic E-state index is 0.371. The molecule has 2 N–H and O–H groups in total. The summed E-state index contributed by atoms with van der Waals surface area (Å²) in [4.78, 5) is 36.2. The Labute approximate surface area is 705 Å². The van der Waals surface area contributed by atoms with E-state index in [2.05, 4.69) is 229 Å². The zero-order valence-electron chi connectivity index (χ0n) is 65.3. The van der Waals surface area contributed by atoms with Gasteiger partial charge in [0.05, 0.1) is 86.8 Å². The maximum absolute atomic E-state index is 13.7. The summed E-state index contributed by atoms with van der Waals surface area (Å²) in [5.74, 6) is 4.16. The van der Waals surface area contributed by atoms with Gasteiger partial charge in [0.2, 0.25) is 0 Å². The molecule has 0 radical (unpaired) electrons. The highest BCUT2D eigenvalue weighted by atomic mass is 79.9. The Morgan fingerprint density at radius 2 is 0.797 bits per heavy atom. The van der Waals surface area contributed by atoms with Crippen LogP contribution in [0.5, 0.6) is 0 Å². The minimum atomic E-state index is -1.42.